The van der Waals surface area contributed by atoms with Gasteiger partial charge in [-0.2, -0.15) is 0 Å². The summed E-state index contributed by atoms with van der Waals surface area (Å²) >= 11 is 0. The number of hydrogen-bond acceptors (Lipinski definition) is 7. The molecular weight excluding hydrogens is 356 g/mol. The summed E-state index contributed by atoms with van der Waals surface area (Å²) in [5.74, 6) is -2.79. The van der Waals surface area contributed by atoms with E-state index in [2.05, 4.69) is 5.32 Å². The molecule has 1 heterocycles. The molecule has 4 N–H and O–H groups in total. The molecule has 0 saturated carbocycles. The Morgan fingerprint density at radius 1 is 0.640 bits per heavy atom. The van der Waals surface area contributed by atoms with E-state index in [4.69, 9.17) is 15.3 Å². The monoisotopic (exact) mass is 382 g/mol. The van der Waals surface area contributed by atoms with Crippen LogP contribution in [0.5, 0.6) is 0 Å². The van der Waals surface area contributed by atoms with E-state index in [0.29, 0.717) is 52.4 Å². The van der Waals surface area contributed by atoms with Crippen molar-refractivity contribution < 1.29 is 29.7 Å². The predicted molar refractivity (Wildman–Crippen MR) is 92.3 cm³/mol. The molecule has 0 amide bonds. The van der Waals surface area contributed by atoms with Gasteiger partial charge in [0.25, 0.3) is 0 Å². The first-order chi connectivity index (χ1) is 11.4. The van der Waals surface area contributed by atoms with Crippen LogP contribution in [-0.2, 0) is 14.4 Å². The minimum Gasteiger partial charge on any atom is -0.480 e. The number of carboxylic acid groups (broad SMARTS) is 3. The van der Waals surface area contributed by atoms with E-state index in [-0.39, 0.29) is 32.0 Å². The second kappa shape index (κ2) is 12.8. The molecule has 0 unspecified atom stereocenters. The third kappa shape index (κ3) is 11.7. The van der Waals surface area contributed by atoms with Crippen LogP contribution in [-0.4, -0.2) is 120 Å². The lowest BCUT2D eigenvalue weighted by Crippen LogP contribution is -2.47. The summed E-state index contributed by atoms with van der Waals surface area (Å²) in [6, 6.07) is 0. The Hall–Kier alpha value is -1.46. The van der Waals surface area contributed by atoms with Crippen molar-refractivity contribution in [2.75, 3.05) is 72.0 Å². The molecule has 146 valence electrons. The van der Waals surface area contributed by atoms with Gasteiger partial charge in [0, 0.05) is 52.4 Å². The SMILES string of the molecule is Cl.O=C(O)CN1CCNCCN(CC(=O)O)CCN(CC(=O)O)CC1. The van der Waals surface area contributed by atoms with Crippen LogP contribution in [0.2, 0.25) is 0 Å². The number of hydrogen-bond donors (Lipinski definition) is 4. The van der Waals surface area contributed by atoms with E-state index in [0.717, 1.165) is 0 Å². The second-order valence-electron chi connectivity index (χ2n) is 5.76. The number of carboxylic acids is 3. The van der Waals surface area contributed by atoms with Gasteiger partial charge in [-0.3, -0.25) is 29.1 Å². The van der Waals surface area contributed by atoms with Gasteiger partial charge < -0.3 is 20.6 Å². The van der Waals surface area contributed by atoms with Crippen molar-refractivity contribution in [1.29, 1.82) is 0 Å². The topological polar surface area (TPSA) is 134 Å². The maximum atomic E-state index is 11.0. The molecule has 0 bridgehead atoms. The summed E-state index contributed by atoms with van der Waals surface area (Å²) in [5, 5.41) is 30.1. The smallest absolute Gasteiger partial charge is 0.317 e. The average molecular weight is 383 g/mol. The van der Waals surface area contributed by atoms with E-state index < -0.39 is 17.9 Å². The molecule has 1 rings (SSSR count). The van der Waals surface area contributed by atoms with Crippen LogP contribution in [0, 0.1) is 0 Å². The summed E-state index contributed by atoms with van der Waals surface area (Å²) in [4.78, 5) is 38.1. The number of rotatable bonds is 6. The summed E-state index contributed by atoms with van der Waals surface area (Å²) in [5.41, 5.74) is 0. The molecule has 0 aromatic carbocycles. The fraction of sp³-hybridized carbons (Fsp3) is 0.786. The Morgan fingerprint density at radius 3 is 1.20 bits per heavy atom. The number of nitrogens with zero attached hydrogens (tertiary/aromatic N) is 3. The van der Waals surface area contributed by atoms with Gasteiger partial charge in [-0.15, -0.1) is 12.4 Å². The van der Waals surface area contributed by atoms with Crippen LogP contribution in [0.25, 0.3) is 0 Å². The Labute approximate surface area is 152 Å². The third-order valence-corrected chi connectivity index (χ3v) is 3.75. The molecule has 0 radical (unpaired) electrons. The van der Waals surface area contributed by atoms with E-state index in [1.807, 2.05) is 0 Å². The van der Waals surface area contributed by atoms with Gasteiger partial charge in [-0.1, -0.05) is 0 Å². The minimum atomic E-state index is -0.960. The maximum Gasteiger partial charge on any atom is 0.317 e. The van der Waals surface area contributed by atoms with Gasteiger partial charge >= 0.3 is 17.9 Å². The van der Waals surface area contributed by atoms with E-state index >= 15 is 0 Å². The third-order valence-electron chi connectivity index (χ3n) is 3.75. The number of halogens is 1. The van der Waals surface area contributed by atoms with Crippen molar-refractivity contribution in [2.24, 2.45) is 0 Å². The highest BCUT2D eigenvalue weighted by Gasteiger charge is 2.17. The average Bonchev–Trinajstić information content (AvgIpc) is 2.45. The van der Waals surface area contributed by atoms with E-state index in [9.17, 15) is 14.4 Å². The Kier molecular flexibility index (Phi) is 12.1. The summed E-state index contributed by atoms with van der Waals surface area (Å²) in [7, 11) is 0. The van der Waals surface area contributed by atoms with Crippen molar-refractivity contribution in [3.8, 4) is 0 Å². The highest BCUT2D eigenvalue weighted by atomic mass is 35.5. The summed E-state index contributed by atoms with van der Waals surface area (Å²) < 4.78 is 0. The van der Waals surface area contributed by atoms with Gasteiger partial charge in [-0.05, 0) is 0 Å². The molecule has 0 aliphatic carbocycles. The molecule has 1 saturated heterocycles. The molecule has 10 nitrogen and oxygen atoms in total. The van der Waals surface area contributed by atoms with Gasteiger partial charge in [0.05, 0.1) is 19.6 Å². The zero-order valence-corrected chi connectivity index (χ0v) is 14.9. The molecule has 1 aliphatic rings. The van der Waals surface area contributed by atoms with Crippen LogP contribution < -0.4 is 5.32 Å². The zero-order valence-electron chi connectivity index (χ0n) is 14.1. The highest BCUT2D eigenvalue weighted by molar-refractivity contribution is 5.85. The highest BCUT2D eigenvalue weighted by Crippen LogP contribution is 1.97. The summed E-state index contributed by atoms with van der Waals surface area (Å²) in [6.45, 7) is 3.64. The fourth-order valence-electron chi connectivity index (χ4n) is 2.55. The molecule has 25 heavy (non-hydrogen) atoms. The van der Waals surface area contributed by atoms with Gasteiger partial charge in [0.2, 0.25) is 0 Å². The van der Waals surface area contributed by atoms with Crippen molar-refractivity contribution >= 4 is 30.3 Å². The number of carbonyl (C=O) groups is 3. The second-order valence-corrected chi connectivity index (χ2v) is 5.76. The van der Waals surface area contributed by atoms with E-state index in [1.165, 1.54) is 0 Å². The minimum absolute atomic E-state index is 0. The lowest BCUT2D eigenvalue weighted by Gasteiger charge is -2.29. The van der Waals surface area contributed by atoms with Crippen molar-refractivity contribution in [3.63, 3.8) is 0 Å². The quantitative estimate of drug-likeness (QED) is 0.415. The number of nitrogens with one attached hydrogen (secondary N) is 1. The van der Waals surface area contributed by atoms with Gasteiger partial charge in [0.1, 0.15) is 0 Å². The Balaban J connectivity index is 0.00000576. The lowest BCUT2D eigenvalue weighted by molar-refractivity contribution is -0.140. The molecule has 0 atom stereocenters. The first-order valence-corrected chi connectivity index (χ1v) is 7.90. The lowest BCUT2D eigenvalue weighted by atomic mass is 10.3. The first-order valence-electron chi connectivity index (χ1n) is 7.90. The normalized spacial score (nSPS) is 19.2. The standard InChI is InChI=1S/C14H26N4O6.ClH/c19-12(20)9-16-3-1-15-2-4-17(10-13(21)22)6-8-18(7-5-16)11-14(23)24;/h15H,1-11H2,(H,19,20)(H,21,22)(H,23,24);1H. The van der Waals surface area contributed by atoms with Gasteiger partial charge in [-0.25, -0.2) is 0 Å². The summed E-state index contributed by atoms with van der Waals surface area (Å²) in [6.07, 6.45) is 0. The molecule has 11 heteroatoms. The molecule has 0 spiro atoms. The van der Waals surface area contributed by atoms with E-state index in [1.54, 1.807) is 14.7 Å². The molecule has 0 aromatic rings. The van der Waals surface area contributed by atoms with Crippen molar-refractivity contribution in [1.82, 2.24) is 20.0 Å². The molecule has 1 fully saturated rings. The van der Waals surface area contributed by atoms with Crippen LogP contribution >= 0.6 is 12.4 Å². The largest absolute Gasteiger partial charge is 0.480 e. The zero-order chi connectivity index (χ0) is 17.9. The number of aliphatic carboxylic acids is 3. The maximum absolute atomic E-state index is 11.0. The van der Waals surface area contributed by atoms with Gasteiger partial charge in [0.15, 0.2) is 0 Å². The van der Waals surface area contributed by atoms with Crippen molar-refractivity contribution in [3.05, 3.63) is 0 Å². The van der Waals surface area contributed by atoms with Crippen LogP contribution in [0.1, 0.15) is 0 Å². The fourth-order valence-corrected chi connectivity index (χ4v) is 2.55. The molecular formula is C14H27ClN4O6. The molecule has 1 aliphatic heterocycles. The predicted octanol–water partition coefficient (Wildman–Crippen LogP) is -1.83. The Morgan fingerprint density at radius 2 is 0.920 bits per heavy atom. The van der Waals surface area contributed by atoms with Crippen molar-refractivity contribution in [2.45, 2.75) is 0 Å². The molecule has 0 aromatic heterocycles. The van der Waals surface area contributed by atoms with Crippen LogP contribution in [0.3, 0.4) is 0 Å². The van der Waals surface area contributed by atoms with Crippen LogP contribution in [0.4, 0.5) is 0 Å². The Bertz CT molecular complexity index is 410. The first kappa shape index (κ1) is 23.5. The van der Waals surface area contributed by atoms with Crippen LogP contribution in [0.15, 0.2) is 0 Å².